The first-order valence-corrected chi connectivity index (χ1v) is 8.38. The van der Waals surface area contributed by atoms with E-state index in [9.17, 15) is 8.78 Å². The van der Waals surface area contributed by atoms with Crippen LogP contribution >= 0.6 is 0 Å². The van der Waals surface area contributed by atoms with Crippen molar-refractivity contribution in [2.75, 3.05) is 12.4 Å². The molecule has 2 heterocycles. The van der Waals surface area contributed by atoms with Crippen molar-refractivity contribution < 1.29 is 18.3 Å². The van der Waals surface area contributed by atoms with E-state index in [4.69, 9.17) is 9.47 Å². The number of aromatic nitrogens is 4. The number of nitrogens with zero attached hydrogens (tertiary/aromatic N) is 4. The molecule has 0 amide bonds. The summed E-state index contributed by atoms with van der Waals surface area (Å²) in [6.45, 7) is -2.90. The molecule has 3 aromatic rings. The summed E-state index contributed by atoms with van der Waals surface area (Å²) in [5.41, 5.74) is 1.62. The fraction of sp³-hybridized carbons (Fsp3) is 0.278. The Morgan fingerprint density at radius 3 is 2.67 bits per heavy atom. The number of halogens is 2. The molecule has 0 aliphatic carbocycles. The van der Waals surface area contributed by atoms with Crippen molar-refractivity contribution in [3.05, 3.63) is 59.7 Å². The van der Waals surface area contributed by atoms with Gasteiger partial charge in [0.05, 0.1) is 19.2 Å². The van der Waals surface area contributed by atoms with Crippen molar-refractivity contribution in [1.82, 2.24) is 20.2 Å². The minimum Gasteiger partial charge on any atom is -0.497 e. The average Bonchev–Trinajstić information content (AvgIpc) is 3.16. The molecular formula is C18H17F2N5O2. The summed E-state index contributed by atoms with van der Waals surface area (Å²) in [4.78, 5) is 0. The maximum atomic E-state index is 12.8. The molecule has 2 unspecified atom stereocenters. The van der Waals surface area contributed by atoms with Crippen LogP contribution in [-0.4, -0.2) is 33.9 Å². The summed E-state index contributed by atoms with van der Waals surface area (Å²) in [6.07, 6.45) is 0.563. The Morgan fingerprint density at radius 1 is 1.15 bits per heavy atom. The lowest BCUT2D eigenvalue weighted by Crippen LogP contribution is -2.28. The zero-order valence-corrected chi connectivity index (χ0v) is 14.4. The lowest BCUT2D eigenvalue weighted by molar-refractivity contribution is -0.0507. The molecule has 1 aliphatic heterocycles. The van der Waals surface area contributed by atoms with Gasteiger partial charge in [-0.25, -0.2) is 4.68 Å². The van der Waals surface area contributed by atoms with E-state index in [1.54, 1.807) is 30.0 Å². The number of ether oxygens (including phenoxy) is 2. The summed E-state index contributed by atoms with van der Waals surface area (Å²) < 4.78 is 37.1. The van der Waals surface area contributed by atoms with E-state index in [1.807, 2.05) is 24.3 Å². The van der Waals surface area contributed by atoms with E-state index in [2.05, 4.69) is 20.8 Å². The fourth-order valence-electron chi connectivity index (χ4n) is 3.31. The van der Waals surface area contributed by atoms with Crippen molar-refractivity contribution in [2.24, 2.45) is 0 Å². The molecule has 0 saturated carbocycles. The van der Waals surface area contributed by atoms with E-state index >= 15 is 0 Å². The SMILES string of the molecule is COc1ccc(C2CC(c3ccccc3OC(F)F)n3nnnc3N2)cc1. The maximum absolute atomic E-state index is 12.8. The molecule has 0 radical (unpaired) electrons. The number of para-hydroxylation sites is 1. The molecule has 9 heteroatoms. The van der Waals surface area contributed by atoms with Crippen LogP contribution in [0.4, 0.5) is 14.7 Å². The van der Waals surface area contributed by atoms with Crippen molar-refractivity contribution in [2.45, 2.75) is 25.1 Å². The Balaban J connectivity index is 1.70. The highest BCUT2D eigenvalue weighted by Gasteiger charge is 2.32. The highest BCUT2D eigenvalue weighted by molar-refractivity contribution is 5.43. The first-order valence-electron chi connectivity index (χ1n) is 8.38. The van der Waals surface area contributed by atoms with Gasteiger partial charge in [-0.05, 0) is 40.6 Å². The largest absolute Gasteiger partial charge is 0.497 e. The summed E-state index contributed by atoms with van der Waals surface area (Å²) >= 11 is 0. The number of benzene rings is 2. The molecule has 1 N–H and O–H groups in total. The Bertz CT molecular complexity index is 916. The van der Waals surface area contributed by atoms with Crippen LogP contribution < -0.4 is 14.8 Å². The molecule has 1 aliphatic rings. The summed E-state index contributed by atoms with van der Waals surface area (Å²) in [6, 6.07) is 13.9. The standard InChI is InChI=1S/C18H17F2N5O2/c1-26-12-8-6-11(7-9-12)14-10-15(25-18(21-14)22-23-24-25)13-4-2-3-5-16(13)27-17(19)20/h2-9,14-15,17H,10H2,1H3,(H,21,22,24). The van der Waals surface area contributed by atoms with Crippen LogP contribution in [0.2, 0.25) is 0 Å². The van der Waals surface area contributed by atoms with Crippen LogP contribution in [0.5, 0.6) is 11.5 Å². The zero-order chi connectivity index (χ0) is 18.8. The second kappa shape index (κ2) is 7.18. The highest BCUT2D eigenvalue weighted by Crippen LogP contribution is 2.40. The molecule has 27 heavy (non-hydrogen) atoms. The molecule has 2 atom stereocenters. The molecule has 2 aromatic carbocycles. The normalized spacial score (nSPS) is 18.7. The minimum absolute atomic E-state index is 0.0981. The Hall–Kier alpha value is -3.23. The minimum atomic E-state index is -2.90. The van der Waals surface area contributed by atoms with Crippen molar-refractivity contribution in [3.8, 4) is 11.5 Å². The van der Waals surface area contributed by atoms with E-state index in [1.165, 1.54) is 6.07 Å². The van der Waals surface area contributed by atoms with Crippen molar-refractivity contribution >= 4 is 5.95 Å². The number of alkyl halides is 2. The van der Waals surface area contributed by atoms with Crippen molar-refractivity contribution in [1.29, 1.82) is 0 Å². The number of anilines is 1. The van der Waals surface area contributed by atoms with Gasteiger partial charge in [0.2, 0.25) is 5.95 Å². The van der Waals surface area contributed by atoms with Gasteiger partial charge in [-0.1, -0.05) is 35.4 Å². The highest BCUT2D eigenvalue weighted by atomic mass is 19.3. The topological polar surface area (TPSA) is 74.1 Å². The number of rotatable bonds is 5. The second-order valence-corrected chi connectivity index (χ2v) is 6.08. The van der Waals surface area contributed by atoms with E-state index in [0.29, 0.717) is 17.9 Å². The second-order valence-electron chi connectivity index (χ2n) is 6.08. The monoisotopic (exact) mass is 373 g/mol. The quantitative estimate of drug-likeness (QED) is 0.739. The number of fused-ring (bicyclic) bond motifs is 1. The molecule has 0 fully saturated rings. The van der Waals surface area contributed by atoms with Crippen LogP contribution in [0.25, 0.3) is 0 Å². The Morgan fingerprint density at radius 2 is 1.93 bits per heavy atom. The third kappa shape index (κ3) is 3.40. The predicted octanol–water partition coefficient (Wildman–Crippen LogP) is 3.43. The number of hydrogen-bond acceptors (Lipinski definition) is 6. The summed E-state index contributed by atoms with van der Waals surface area (Å²) in [5.74, 6) is 1.35. The zero-order valence-electron chi connectivity index (χ0n) is 14.4. The lowest BCUT2D eigenvalue weighted by atomic mass is 9.93. The van der Waals surface area contributed by atoms with Crippen molar-refractivity contribution in [3.63, 3.8) is 0 Å². The van der Waals surface area contributed by atoms with Gasteiger partial charge in [-0.3, -0.25) is 0 Å². The van der Waals surface area contributed by atoms with Gasteiger partial charge in [0.15, 0.2) is 0 Å². The summed E-state index contributed by atoms with van der Waals surface area (Å²) in [7, 11) is 1.61. The molecule has 0 saturated heterocycles. The van der Waals surface area contributed by atoms with E-state index in [-0.39, 0.29) is 17.8 Å². The van der Waals surface area contributed by atoms with Gasteiger partial charge in [0.25, 0.3) is 0 Å². The van der Waals surface area contributed by atoms with Crippen LogP contribution in [0.1, 0.15) is 29.6 Å². The molecule has 140 valence electrons. The molecular weight excluding hydrogens is 356 g/mol. The maximum Gasteiger partial charge on any atom is 0.387 e. The first-order chi connectivity index (χ1) is 13.2. The van der Waals surface area contributed by atoms with Crippen LogP contribution in [0.3, 0.4) is 0 Å². The average molecular weight is 373 g/mol. The molecule has 0 bridgehead atoms. The predicted molar refractivity (Wildman–Crippen MR) is 93.0 cm³/mol. The summed E-state index contributed by atoms with van der Waals surface area (Å²) in [5, 5.41) is 15.0. The van der Waals surface area contributed by atoms with E-state index in [0.717, 1.165) is 11.3 Å². The van der Waals surface area contributed by atoms with Gasteiger partial charge < -0.3 is 14.8 Å². The van der Waals surface area contributed by atoms with Crippen LogP contribution in [-0.2, 0) is 0 Å². The van der Waals surface area contributed by atoms with Gasteiger partial charge in [-0.2, -0.15) is 8.78 Å². The molecule has 0 spiro atoms. The van der Waals surface area contributed by atoms with Gasteiger partial charge >= 0.3 is 6.61 Å². The third-order valence-corrected chi connectivity index (χ3v) is 4.56. The fourth-order valence-corrected chi connectivity index (χ4v) is 3.31. The van der Waals surface area contributed by atoms with Gasteiger partial charge in [-0.15, -0.1) is 0 Å². The van der Waals surface area contributed by atoms with E-state index < -0.39 is 6.61 Å². The Labute approximate surface area is 153 Å². The Kier molecular flexibility index (Phi) is 4.57. The number of nitrogens with one attached hydrogen (secondary N) is 1. The van der Waals surface area contributed by atoms with Crippen LogP contribution in [0, 0.1) is 0 Å². The third-order valence-electron chi connectivity index (χ3n) is 4.56. The molecule has 4 rings (SSSR count). The smallest absolute Gasteiger partial charge is 0.387 e. The van der Waals surface area contributed by atoms with Gasteiger partial charge in [0, 0.05) is 5.56 Å². The number of tetrazole rings is 1. The molecule has 1 aromatic heterocycles. The van der Waals surface area contributed by atoms with Crippen LogP contribution in [0.15, 0.2) is 48.5 Å². The first kappa shape index (κ1) is 17.2. The van der Waals surface area contributed by atoms with Gasteiger partial charge in [0.1, 0.15) is 11.5 Å². The lowest BCUT2D eigenvalue weighted by Gasteiger charge is -2.31. The number of methoxy groups -OCH3 is 1. The molecule has 7 nitrogen and oxygen atoms in total. The number of hydrogen-bond donors (Lipinski definition) is 1.